The predicted molar refractivity (Wildman–Crippen MR) is 101 cm³/mol. The van der Waals surface area contributed by atoms with E-state index < -0.39 is 17.6 Å². The second-order valence-electron chi connectivity index (χ2n) is 6.44. The second-order valence-corrected chi connectivity index (χ2v) is 7.48. The van der Waals surface area contributed by atoms with E-state index in [1.54, 1.807) is 28.3 Å². The van der Waals surface area contributed by atoms with E-state index in [0.717, 1.165) is 17.0 Å². The summed E-state index contributed by atoms with van der Waals surface area (Å²) in [6.07, 6.45) is 1.55. The Hall–Kier alpha value is -3.07. The summed E-state index contributed by atoms with van der Waals surface area (Å²) in [5, 5.41) is 8.97. The van der Waals surface area contributed by atoms with Crippen molar-refractivity contribution in [2.24, 2.45) is 5.92 Å². The molecule has 1 atom stereocenters. The van der Waals surface area contributed by atoms with Gasteiger partial charge in [0.25, 0.3) is 0 Å². The van der Waals surface area contributed by atoms with Crippen LogP contribution in [0.1, 0.15) is 11.3 Å². The Bertz CT molecular complexity index is 1020. The molecule has 9 heteroatoms. The van der Waals surface area contributed by atoms with Crippen LogP contribution in [0.25, 0.3) is 0 Å². The number of nitrogens with one attached hydrogen (secondary N) is 1. The minimum atomic E-state index is -0.830. The maximum absolute atomic E-state index is 14.0. The van der Waals surface area contributed by atoms with Gasteiger partial charge < -0.3 is 10.2 Å². The molecule has 28 heavy (non-hydrogen) atoms. The van der Waals surface area contributed by atoms with Crippen molar-refractivity contribution in [3.63, 3.8) is 0 Å². The largest absolute Gasteiger partial charge is 0.311 e. The van der Waals surface area contributed by atoms with Crippen LogP contribution in [0, 0.1) is 17.6 Å². The lowest BCUT2D eigenvalue weighted by Crippen LogP contribution is -2.29. The van der Waals surface area contributed by atoms with E-state index in [9.17, 15) is 18.4 Å². The van der Waals surface area contributed by atoms with Gasteiger partial charge >= 0.3 is 0 Å². The standard InChI is InChI=1S/C19H16F2N4O2S/c20-13-3-4-16(15(21)9-13)24-10-12(8-18(24)26)19(27)23-17-5-6-22-25(17)11-14-2-1-7-28-14/h1-7,9,12H,8,10-11H2,(H,23,27). The Morgan fingerprint density at radius 2 is 2.14 bits per heavy atom. The molecule has 0 spiro atoms. The van der Waals surface area contributed by atoms with E-state index in [0.29, 0.717) is 12.4 Å². The van der Waals surface area contributed by atoms with Gasteiger partial charge in [0.05, 0.1) is 24.3 Å². The van der Waals surface area contributed by atoms with Crippen LogP contribution < -0.4 is 10.2 Å². The first kappa shape index (κ1) is 18.3. The van der Waals surface area contributed by atoms with E-state index >= 15 is 0 Å². The van der Waals surface area contributed by atoms with Crippen molar-refractivity contribution < 1.29 is 18.4 Å². The lowest BCUT2D eigenvalue weighted by Gasteiger charge is -2.17. The Labute approximate surface area is 163 Å². The molecule has 1 aliphatic rings. The molecule has 1 unspecified atom stereocenters. The van der Waals surface area contributed by atoms with Crippen LogP contribution in [0.2, 0.25) is 0 Å². The molecule has 1 saturated heterocycles. The zero-order chi connectivity index (χ0) is 19.7. The van der Waals surface area contributed by atoms with Gasteiger partial charge in [-0.25, -0.2) is 13.5 Å². The molecule has 0 bridgehead atoms. The van der Waals surface area contributed by atoms with E-state index in [1.165, 1.54) is 11.0 Å². The van der Waals surface area contributed by atoms with Crippen molar-refractivity contribution in [3.05, 3.63) is 64.5 Å². The number of thiophene rings is 1. The van der Waals surface area contributed by atoms with E-state index in [4.69, 9.17) is 0 Å². The molecule has 3 aromatic rings. The van der Waals surface area contributed by atoms with Crippen molar-refractivity contribution in [1.82, 2.24) is 9.78 Å². The minimum absolute atomic E-state index is 0.0237. The predicted octanol–water partition coefficient (Wildman–Crippen LogP) is 3.26. The monoisotopic (exact) mass is 402 g/mol. The van der Waals surface area contributed by atoms with Gasteiger partial charge in [0.15, 0.2) is 0 Å². The molecule has 1 fully saturated rings. The Morgan fingerprint density at radius 1 is 1.29 bits per heavy atom. The minimum Gasteiger partial charge on any atom is -0.311 e. The Morgan fingerprint density at radius 3 is 2.89 bits per heavy atom. The van der Waals surface area contributed by atoms with Crippen molar-refractivity contribution in [2.75, 3.05) is 16.8 Å². The number of halogens is 2. The number of anilines is 2. The van der Waals surface area contributed by atoms with E-state index in [2.05, 4.69) is 10.4 Å². The third kappa shape index (κ3) is 3.65. The van der Waals surface area contributed by atoms with Crippen LogP contribution in [0.4, 0.5) is 20.3 Å². The summed E-state index contributed by atoms with van der Waals surface area (Å²) in [4.78, 5) is 27.2. The van der Waals surface area contributed by atoms with Crippen molar-refractivity contribution in [2.45, 2.75) is 13.0 Å². The fourth-order valence-corrected chi connectivity index (χ4v) is 3.85. The van der Waals surface area contributed by atoms with Gasteiger partial charge in [-0.2, -0.15) is 5.10 Å². The number of hydrogen-bond donors (Lipinski definition) is 1. The van der Waals surface area contributed by atoms with Crippen LogP contribution in [-0.2, 0) is 16.1 Å². The second kappa shape index (κ2) is 7.51. The fourth-order valence-electron chi connectivity index (χ4n) is 3.16. The molecule has 1 N–H and O–H groups in total. The molecule has 6 nitrogen and oxygen atoms in total. The SMILES string of the molecule is O=C(Nc1ccnn1Cc1cccs1)C1CC(=O)N(c2ccc(F)cc2F)C1. The summed E-state index contributed by atoms with van der Waals surface area (Å²) in [6.45, 7) is 0.559. The van der Waals surface area contributed by atoms with Gasteiger partial charge in [-0.1, -0.05) is 6.07 Å². The number of rotatable bonds is 5. The van der Waals surface area contributed by atoms with Crippen molar-refractivity contribution in [1.29, 1.82) is 0 Å². The van der Waals surface area contributed by atoms with Gasteiger partial charge in [-0.05, 0) is 23.6 Å². The van der Waals surface area contributed by atoms with E-state index in [1.807, 2.05) is 17.5 Å². The number of amides is 2. The number of carbonyl (C=O) groups is 2. The molecule has 2 aromatic heterocycles. The normalized spacial score (nSPS) is 16.6. The van der Waals surface area contributed by atoms with Crippen LogP contribution >= 0.6 is 11.3 Å². The molecular formula is C19H16F2N4O2S. The number of hydrogen-bond acceptors (Lipinski definition) is 4. The highest BCUT2D eigenvalue weighted by molar-refractivity contribution is 7.09. The lowest BCUT2D eigenvalue weighted by atomic mass is 10.1. The third-order valence-electron chi connectivity index (χ3n) is 4.55. The molecule has 144 valence electrons. The van der Waals surface area contributed by atoms with Gasteiger partial charge in [0, 0.05) is 30.0 Å². The first-order chi connectivity index (χ1) is 13.5. The van der Waals surface area contributed by atoms with Crippen LogP contribution in [0.3, 0.4) is 0 Å². The number of benzene rings is 1. The smallest absolute Gasteiger partial charge is 0.230 e. The van der Waals surface area contributed by atoms with Crippen LogP contribution in [0.5, 0.6) is 0 Å². The lowest BCUT2D eigenvalue weighted by molar-refractivity contribution is -0.122. The molecule has 0 saturated carbocycles. The average molecular weight is 402 g/mol. The third-order valence-corrected chi connectivity index (χ3v) is 5.41. The molecule has 2 amide bonds. The molecule has 4 rings (SSSR count). The highest BCUT2D eigenvalue weighted by Gasteiger charge is 2.36. The van der Waals surface area contributed by atoms with Gasteiger partial charge in [0.2, 0.25) is 11.8 Å². The molecule has 0 radical (unpaired) electrons. The summed E-state index contributed by atoms with van der Waals surface area (Å²) in [7, 11) is 0. The van der Waals surface area contributed by atoms with Crippen LogP contribution in [-0.4, -0.2) is 28.1 Å². The summed E-state index contributed by atoms with van der Waals surface area (Å²) in [5.74, 6) is -2.38. The topological polar surface area (TPSA) is 67.2 Å². The van der Waals surface area contributed by atoms with Gasteiger partial charge in [-0.3, -0.25) is 9.59 Å². The zero-order valence-corrected chi connectivity index (χ0v) is 15.5. The Kier molecular flexibility index (Phi) is 4.91. The number of nitrogens with zero attached hydrogens (tertiary/aromatic N) is 3. The molecule has 1 aromatic carbocycles. The number of carbonyl (C=O) groups excluding carboxylic acids is 2. The molecular weight excluding hydrogens is 386 g/mol. The fraction of sp³-hybridized carbons (Fsp3) is 0.211. The maximum Gasteiger partial charge on any atom is 0.230 e. The molecule has 3 heterocycles. The Balaban J connectivity index is 1.45. The summed E-state index contributed by atoms with van der Waals surface area (Å²) in [6, 6.07) is 8.61. The van der Waals surface area contributed by atoms with Crippen LogP contribution in [0.15, 0.2) is 48.0 Å². The van der Waals surface area contributed by atoms with Crippen molar-refractivity contribution in [3.8, 4) is 0 Å². The van der Waals surface area contributed by atoms with E-state index in [-0.39, 0.29) is 30.5 Å². The van der Waals surface area contributed by atoms with Crippen molar-refractivity contribution >= 4 is 34.7 Å². The highest BCUT2D eigenvalue weighted by atomic mass is 32.1. The first-order valence-electron chi connectivity index (χ1n) is 8.62. The molecule has 1 aliphatic heterocycles. The summed E-state index contributed by atoms with van der Waals surface area (Å²) < 4.78 is 28.8. The summed E-state index contributed by atoms with van der Waals surface area (Å²) >= 11 is 1.59. The maximum atomic E-state index is 14.0. The quantitative estimate of drug-likeness (QED) is 0.712. The first-order valence-corrected chi connectivity index (χ1v) is 9.49. The number of aromatic nitrogens is 2. The van der Waals surface area contributed by atoms with Gasteiger partial charge in [-0.15, -0.1) is 11.3 Å². The summed E-state index contributed by atoms with van der Waals surface area (Å²) in [5.41, 5.74) is -0.0237. The zero-order valence-electron chi connectivity index (χ0n) is 14.6. The van der Waals surface area contributed by atoms with Gasteiger partial charge in [0.1, 0.15) is 17.5 Å². The highest BCUT2D eigenvalue weighted by Crippen LogP contribution is 2.28. The average Bonchev–Trinajstić information content (AvgIpc) is 3.39. The molecule has 0 aliphatic carbocycles.